The number of aliphatic hydroxyl groups excluding tert-OH is 1. The van der Waals surface area contributed by atoms with Gasteiger partial charge in [0.1, 0.15) is 6.10 Å². The number of pyridine rings is 1. The Morgan fingerprint density at radius 1 is 1.18 bits per heavy atom. The first-order valence-electron chi connectivity index (χ1n) is 4.83. The minimum atomic E-state index is -1.39. The summed E-state index contributed by atoms with van der Waals surface area (Å²) < 4.78 is 26.6. The highest BCUT2D eigenvalue weighted by Crippen LogP contribution is 2.30. The first-order chi connectivity index (χ1) is 8.11. The fourth-order valence-corrected chi connectivity index (χ4v) is 1.73. The topological polar surface area (TPSA) is 33.1 Å². The molecule has 1 heterocycles. The predicted molar refractivity (Wildman–Crippen MR) is 59.7 cm³/mol. The van der Waals surface area contributed by atoms with E-state index in [1.807, 2.05) is 0 Å². The lowest BCUT2D eigenvalue weighted by Crippen LogP contribution is -2.06. The number of nitrogens with zero attached hydrogens (tertiary/aromatic N) is 1. The smallest absolute Gasteiger partial charge is 0.166 e. The Morgan fingerprint density at radius 2 is 1.94 bits per heavy atom. The van der Waals surface area contributed by atoms with Gasteiger partial charge in [-0.2, -0.15) is 0 Å². The zero-order valence-electron chi connectivity index (χ0n) is 8.57. The second-order valence-corrected chi connectivity index (χ2v) is 3.82. The van der Waals surface area contributed by atoms with Crippen molar-refractivity contribution in [1.29, 1.82) is 0 Å². The van der Waals surface area contributed by atoms with Crippen molar-refractivity contribution in [3.8, 4) is 0 Å². The second kappa shape index (κ2) is 4.77. The summed E-state index contributed by atoms with van der Waals surface area (Å²) in [5.41, 5.74) is -0.0933. The van der Waals surface area contributed by atoms with E-state index in [0.29, 0.717) is 0 Å². The summed E-state index contributed by atoms with van der Waals surface area (Å²) in [6.45, 7) is 0. The van der Waals surface area contributed by atoms with Crippen LogP contribution in [0.1, 0.15) is 17.4 Å². The highest BCUT2D eigenvalue weighted by atomic mass is 35.5. The Balaban J connectivity index is 2.51. The van der Waals surface area contributed by atoms with Crippen LogP contribution in [0.5, 0.6) is 0 Å². The summed E-state index contributed by atoms with van der Waals surface area (Å²) >= 11 is 5.75. The minimum Gasteiger partial charge on any atom is -0.382 e. The van der Waals surface area contributed by atoms with Crippen molar-refractivity contribution in [3.63, 3.8) is 0 Å². The number of aromatic nitrogens is 1. The van der Waals surface area contributed by atoms with Crippen LogP contribution in [0.4, 0.5) is 8.78 Å². The first-order valence-corrected chi connectivity index (χ1v) is 5.21. The molecule has 1 aromatic carbocycles. The molecule has 0 aliphatic heterocycles. The van der Waals surface area contributed by atoms with Crippen LogP contribution in [-0.4, -0.2) is 10.1 Å². The van der Waals surface area contributed by atoms with Gasteiger partial charge in [0.25, 0.3) is 0 Å². The van der Waals surface area contributed by atoms with Crippen LogP contribution in [0.15, 0.2) is 36.5 Å². The van der Waals surface area contributed by atoms with Crippen molar-refractivity contribution < 1.29 is 13.9 Å². The molecule has 2 aromatic rings. The predicted octanol–water partition coefficient (Wildman–Crippen LogP) is 3.09. The number of aliphatic hydroxyl groups is 1. The lowest BCUT2D eigenvalue weighted by Gasteiger charge is -2.13. The van der Waals surface area contributed by atoms with Crippen LogP contribution in [0.25, 0.3) is 0 Å². The Bertz CT molecular complexity index is 534. The van der Waals surface area contributed by atoms with Crippen LogP contribution in [0.3, 0.4) is 0 Å². The number of halogens is 3. The third kappa shape index (κ3) is 2.28. The largest absolute Gasteiger partial charge is 0.382 e. The highest BCUT2D eigenvalue weighted by molar-refractivity contribution is 6.31. The molecule has 0 spiro atoms. The molecule has 0 fully saturated rings. The summed E-state index contributed by atoms with van der Waals surface area (Å²) in [5, 5.41) is 9.88. The highest BCUT2D eigenvalue weighted by Gasteiger charge is 2.22. The molecule has 0 bridgehead atoms. The van der Waals surface area contributed by atoms with Gasteiger partial charge < -0.3 is 5.11 Å². The van der Waals surface area contributed by atoms with Gasteiger partial charge in [-0.1, -0.05) is 17.7 Å². The third-order valence-electron chi connectivity index (χ3n) is 2.32. The van der Waals surface area contributed by atoms with Crippen molar-refractivity contribution in [2.45, 2.75) is 6.10 Å². The Morgan fingerprint density at radius 3 is 2.59 bits per heavy atom. The molecule has 0 saturated carbocycles. The van der Waals surface area contributed by atoms with Gasteiger partial charge in [-0.25, -0.2) is 8.78 Å². The fourth-order valence-electron chi connectivity index (χ4n) is 1.48. The summed E-state index contributed by atoms with van der Waals surface area (Å²) in [7, 11) is 0. The van der Waals surface area contributed by atoms with Gasteiger partial charge >= 0.3 is 0 Å². The van der Waals surface area contributed by atoms with E-state index in [1.54, 1.807) is 12.1 Å². The van der Waals surface area contributed by atoms with Crippen molar-refractivity contribution >= 4 is 11.6 Å². The molecule has 88 valence electrons. The Kier molecular flexibility index (Phi) is 3.36. The van der Waals surface area contributed by atoms with E-state index in [0.717, 1.165) is 6.07 Å². The van der Waals surface area contributed by atoms with Crippen molar-refractivity contribution in [1.82, 2.24) is 4.98 Å². The molecule has 2 nitrogen and oxygen atoms in total. The standard InChI is InChI=1S/C12H8ClF2NO/c13-7-4-5-8(14)11(15)10(7)12(17)9-3-1-2-6-16-9/h1-6,12,17H. The minimum absolute atomic E-state index is 0.0398. The molecule has 2 rings (SSSR count). The monoisotopic (exact) mass is 255 g/mol. The lowest BCUT2D eigenvalue weighted by molar-refractivity contribution is 0.208. The van der Waals surface area contributed by atoms with Gasteiger partial charge in [0.2, 0.25) is 0 Å². The van der Waals surface area contributed by atoms with Gasteiger partial charge in [0.05, 0.1) is 5.69 Å². The maximum absolute atomic E-state index is 13.6. The van der Waals surface area contributed by atoms with Crippen LogP contribution in [-0.2, 0) is 0 Å². The van der Waals surface area contributed by atoms with E-state index in [4.69, 9.17) is 11.6 Å². The lowest BCUT2D eigenvalue weighted by atomic mass is 10.1. The molecule has 0 saturated heterocycles. The Labute approximate surface area is 102 Å². The van der Waals surface area contributed by atoms with Crippen LogP contribution in [0.2, 0.25) is 5.02 Å². The number of hydrogen-bond acceptors (Lipinski definition) is 2. The van der Waals surface area contributed by atoms with Crippen LogP contribution >= 0.6 is 11.6 Å². The summed E-state index contributed by atoms with van der Waals surface area (Å²) in [4.78, 5) is 3.87. The van der Waals surface area contributed by atoms with Gasteiger partial charge in [-0.15, -0.1) is 0 Å². The number of hydrogen-bond donors (Lipinski definition) is 1. The van der Waals surface area contributed by atoms with E-state index in [-0.39, 0.29) is 16.3 Å². The van der Waals surface area contributed by atoms with E-state index in [1.165, 1.54) is 18.3 Å². The van der Waals surface area contributed by atoms with Gasteiger partial charge in [0, 0.05) is 16.8 Å². The first kappa shape index (κ1) is 12.0. The van der Waals surface area contributed by atoms with Gasteiger partial charge in [-0.05, 0) is 24.3 Å². The molecular weight excluding hydrogens is 248 g/mol. The van der Waals surface area contributed by atoms with Crippen LogP contribution < -0.4 is 0 Å². The molecule has 0 aliphatic carbocycles. The molecule has 1 aromatic heterocycles. The molecule has 0 aliphatic rings. The average molecular weight is 256 g/mol. The number of rotatable bonds is 2. The zero-order chi connectivity index (χ0) is 12.4. The summed E-state index contributed by atoms with van der Waals surface area (Å²) in [6, 6.07) is 6.90. The molecular formula is C12H8ClF2NO. The normalized spacial score (nSPS) is 12.5. The van der Waals surface area contributed by atoms with Crippen molar-refractivity contribution in [2.75, 3.05) is 0 Å². The van der Waals surface area contributed by atoms with Gasteiger partial charge in [-0.3, -0.25) is 4.98 Å². The van der Waals surface area contributed by atoms with E-state index >= 15 is 0 Å². The molecule has 1 unspecified atom stereocenters. The van der Waals surface area contributed by atoms with E-state index in [9.17, 15) is 13.9 Å². The molecule has 0 radical (unpaired) electrons. The summed E-state index contributed by atoms with van der Waals surface area (Å²) in [6.07, 6.45) is 0.0586. The Hall–Kier alpha value is -1.52. The fraction of sp³-hybridized carbons (Fsp3) is 0.0833. The molecule has 17 heavy (non-hydrogen) atoms. The molecule has 1 N–H and O–H groups in total. The quantitative estimate of drug-likeness (QED) is 0.837. The second-order valence-electron chi connectivity index (χ2n) is 3.41. The van der Waals surface area contributed by atoms with E-state index in [2.05, 4.69) is 4.98 Å². The molecule has 1 atom stereocenters. The van der Waals surface area contributed by atoms with Crippen molar-refractivity contribution in [2.24, 2.45) is 0 Å². The van der Waals surface area contributed by atoms with Crippen molar-refractivity contribution in [3.05, 3.63) is 64.4 Å². The third-order valence-corrected chi connectivity index (χ3v) is 2.65. The molecule has 5 heteroatoms. The maximum atomic E-state index is 13.6. The SMILES string of the molecule is OC(c1ccccn1)c1c(Cl)ccc(F)c1F. The van der Waals surface area contributed by atoms with Crippen LogP contribution in [0, 0.1) is 11.6 Å². The zero-order valence-corrected chi connectivity index (χ0v) is 9.33. The molecule has 0 amide bonds. The average Bonchev–Trinajstić information content (AvgIpc) is 2.35. The van der Waals surface area contributed by atoms with Gasteiger partial charge in [0.15, 0.2) is 11.6 Å². The summed E-state index contributed by atoms with van der Waals surface area (Å²) in [5.74, 6) is -2.21. The van der Waals surface area contributed by atoms with E-state index < -0.39 is 17.7 Å². The number of benzene rings is 1. The maximum Gasteiger partial charge on any atom is 0.166 e.